The molecule has 0 atom stereocenters. The maximum absolute atomic E-state index is 12.1. The lowest BCUT2D eigenvalue weighted by molar-refractivity contribution is 0.158. The molecule has 0 aliphatic carbocycles. The molecule has 4 amide bonds. The number of carbonyl (C=O) groups is 4. The maximum atomic E-state index is 12.1. The lowest BCUT2D eigenvalue weighted by atomic mass is 10.3. The topological polar surface area (TPSA) is 136 Å². The first kappa shape index (κ1) is 35.5. The molecule has 12 nitrogen and oxygen atoms in total. The van der Waals surface area contributed by atoms with E-state index >= 15 is 0 Å². The molecule has 0 rings (SSSR count). The van der Waals surface area contributed by atoms with E-state index in [0.717, 1.165) is 51.4 Å². The lowest BCUT2D eigenvalue weighted by Gasteiger charge is -2.20. The molecular formula is C21H40N4O8S4. The minimum atomic E-state index is -0.849. The molecule has 0 aromatic heterocycles. The predicted octanol–water partition coefficient (Wildman–Crippen LogP) is 6.90. The molecule has 0 spiro atoms. The second-order valence-corrected chi connectivity index (χ2v) is 10.5. The van der Waals surface area contributed by atoms with Crippen LogP contribution in [0, 0.1) is 0 Å². The Hall–Kier alpha value is -1.52. The zero-order valence-electron chi connectivity index (χ0n) is 22.0. The van der Waals surface area contributed by atoms with Crippen LogP contribution in [0.5, 0.6) is 0 Å². The van der Waals surface area contributed by atoms with Crippen molar-refractivity contribution in [3.8, 4) is 0 Å². The molecule has 0 aliphatic rings. The van der Waals surface area contributed by atoms with E-state index in [1.54, 1.807) is 9.80 Å². The number of nitrogens with zero attached hydrogens (tertiary/aromatic N) is 2. The third-order valence-corrected chi connectivity index (χ3v) is 6.71. The van der Waals surface area contributed by atoms with Crippen molar-refractivity contribution in [1.29, 1.82) is 0 Å². The molecule has 0 aliphatic heterocycles. The van der Waals surface area contributed by atoms with Crippen molar-refractivity contribution in [3.63, 3.8) is 0 Å². The fourth-order valence-corrected chi connectivity index (χ4v) is 4.25. The van der Waals surface area contributed by atoms with Gasteiger partial charge in [-0.2, -0.15) is 0 Å². The Morgan fingerprint density at radius 1 is 0.541 bits per heavy atom. The van der Waals surface area contributed by atoms with Gasteiger partial charge in [0.15, 0.2) is 44.3 Å². The molecular weight excluding hydrogens is 565 g/mol. The van der Waals surface area contributed by atoms with Gasteiger partial charge in [-0.3, -0.25) is 0 Å². The van der Waals surface area contributed by atoms with Crippen LogP contribution in [0.3, 0.4) is 0 Å². The molecule has 0 aromatic rings. The van der Waals surface area contributed by atoms with E-state index in [2.05, 4.69) is 10.6 Å². The van der Waals surface area contributed by atoms with Gasteiger partial charge in [0.2, 0.25) is 0 Å². The molecule has 0 bridgehead atoms. The van der Waals surface area contributed by atoms with Crippen LogP contribution in [-0.2, 0) is 16.7 Å². The Balaban J connectivity index is 3.96. The summed E-state index contributed by atoms with van der Waals surface area (Å²) in [5, 5.41) is 4.55. The van der Waals surface area contributed by atoms with E-state index < -0.39 is 24.4 Å². The highest BCUT2D eigenvalue weighted by Crippen LogP contribution is 2.25. The molecule has 0 fully saturated rings. The zero-order chi connectivity index (χ0) is 27.7. The summed E-state index contributed by atoms with van der Waals surface area (Å²) in [5.74, 6) is 0. The predicted molar refractivity (Wildman–Crippen MR) is 150 cm³/mol. The monoisotopic (exact) mass is 604 g/mol. The number of carbonyl (C=O) groups excluding carboxylic acids is 4. The average molecular weight is 605 g/mol. The number of hydrogen-bond donors (Lipinski definition) is 2. The van der Waals surface area contributed by atoms with Crippen LogP contribution in [0.1, 0.15) is 79.1 Å². The standard InChI is InChI=1S/C21H40N4O8S4/c1-5-9-13-24(14-10-6-2)20(28)32-36-34-30-18(26)22-17-23-19(27)31-35-37-33-21(29)25(15-11-7-3)16-12-8-4/h5-17H2,1-4H3,(H,22,26)(H,23,27). The maximum Gasteiger partial charge on any atom is 0.422 e. The zero-order valence-corrected chi connectivity index (χ0v) is 25.3. The van der Waals surface area contributed by atoms with Crippen LogP contribution in [0.2, 0.25) is 0 Å². The van der Waals surface area contributed by atoms with Crippen LogP contribution in [0.4, 0.5) is 19.2 Å². The molecule has 216 valence electrons. The second-order valence-electron chi connectivity index (χ2n) is 7.63. The van der Waals surface area contributed by atoms with Crippen molar-refractivity contribution in [2.45, 2.75) is 79.1 Å². The largest absolute Gasteiger partial charge is 0.422 e. The Morgan fingerprint density at radius 3 is 1.14 bits per heavy atom. The number of amides is 4. The molecule has 37 heavy (non-hydrogen) atoms. The summed E-state index contributed by atoms with van der Waals surface area (Å²) in [6, 6.07) is 0. The fraction of sp³-hybridized carbons (Fsp3) is 0.810. The van der Waals surface area contributed by atoms with E-state index in [-0.39, 0.29) is 6.67 Å². The van der Waals surface area contributed by atoms with E-state index in [9.17, 15) is 19.2 Å². The van der Waals surface area contributed by atoms with Crippen LogP contribution in [-0.4, -0.2) is 67.0 Å². The van der Waals surface area contributed by atoms with E-state index in [0.29, 0.717) is 70.5 Å². The SMILES string of the molecule is CCCCN(CCCC)C(=O)OSSOC(=O)NCNC(=O)OSSOC(=O)N(CCCC)CCCC. The Bertz CT molecular complexity index is 584. The molecule has 0 saturated carbocycles. The van der Waals surface area contributed by atoms with Crippen LogP contribution < -0.4 is 10.6 Å². The average Bonchev–Trinajstić information content (AvgIpc) is 2.89. The van der Waals surface area contributed by atoms with E-state index in [1.165, 1.54) is 0 Å². The summed E-state index contributed by atoms with van der Waals surface area (Å²) in [6.45, 7) is 10.3. The first-order valence-corrected chi connectivity index (χ1v) is 16.4. The molecule has 0 aromatic carbocycles. The van der Waals surface area contributed by atoms with Crippen molar-refractivity contribution in [2.75, 3.05) is 32.8 Å². The highest BCUT2D eigenvalue weighted by atomic mass is 33.1. The van der Waals surface area contributed by atoms with Gasteiger partial charge in [0, 0.05) is 26.2 Å². The van der Waals surface area contributed by atoms with Crippen molar-refractivity contribution in [1.82, 2.24) is 20.4 Å². The molecule has 2 N–H and O–H groups in total. The van der Waals surface area contributed by atoms with Crippen molar-refractivity contribution in [3.05, 3.63) is 0 Å². The molecule has 0 radical (unpaired) electrons. The van der Waals surface area contributed by atoms with E-state index in [1.807, 2.05) is 27.7 Å². The summed E-state index contributed by atoms with van der Waals surface area (Å²) >= 11 is 2.41. The summed E-state index contributed by atoms with van der Waals surface area (Å²) in [7, 11) is 0. The fourth-order valence-electron chi connectivity index (χ4n) is 2.51. The minimum Gasteiger partial charge on any atom is -0.360 e. The quantitative estimate of drug-likeness (QED) is 0.0647. The smallest absolute Gasteiger partial charge is 0.360 e. The van der Waals surface area contributed by atoms with Gasteiger partial charge in [-0.15, -0.1) is 0 Å². The second kappa shape index (κ2) is 24.8. The van der Waals surface area contributed by atoms with Crippen molar-refractivity contribution in [2.24, 2.45) is 0 Å². The highest BCUT2D eigenvalue weighted by molar-refractivity contribution is 8.73. The van der Waals surface area contributed by atoms with Gasteiger partial charge in [-0.05, 0) is 25.7 Å². The van der Waals surface area contributed by atoms with Gasteiger partial charge in [0.05, 0.1) is 6.67 Å². The molecule has 16 heteroatoms. The molecule has 0 heterocycles. The normalized spacial score (nSPS) is 10.3. The number of hydrogen-bond acceptors (Lipinski definition) is 12. The lowest BCUT2D eigenvalue weighted by Crippen LogP contribution is -2.36. The Kier molecular flexibility index (Phi) is 23.8. The summed E-state index contributed by atoms with van der Waals surface area (Å²) in [5.41, 5.74) is 0. The minimum absolute atomic E-state index is 0.267. The van der Waals surface area contributed by atoms with Gasteiger partial charge in [-0.1, -0.05) is 53.4 Å². The van der Waals surface area contributed by atoms with Crippen LogP contribution in [0.25, 0.3) is 0 Å². The van der Waals surface area contributed by atoms with Crippen LogP contribution >= 0.6 is 44.3 Å². The molecule has 0 unspecified atom stereocenters. The first-order valence-electron chi connectivity index (χ1n) is 12.4. The number of unbranched alkanes of at least 4 members (excludes halogenated alkanes) is 4. The number of nitrogens with one attached hydrogen (secondary N) is 2. The van der Waals surface area contributed by atoms with Crippen molar-refractivity contribution >= 4 is 68.7 Å². The van der Waals surface area contributed by atoms with Gasteiger partial charge in [-0.25, -0.2) is 19.2 Å². The Morgan fingerprint density at radius 2 is 0.838 bits per heavy atom. The third kappa shape index (κ3) is 20.2. The highest BCUT2D eigenvalue weighted by Gasteiger charge is 2.17. The van der Waals surface area contributed by atoms with Crippen LogP contribution in [0.15, 0.2) is 0 Å². The van der Waals surface area contributed by atoms with Gasteiger partial charge in [0.1, 0.15) is 0 Å². The summed E-state index contributed by atoms with van der Waals surface area (Å²) < 4.78 is 19.7. The molecule has 0 saturated heterocycles. The van der Waals surface area contributed by atoms with Gasteiger partial charge >= 0.3 is 24.4 Å². The number of rotatable bonds is 20. The van der Waals surface area contributed by atoms with E-state index in [4.69, 9.17) is 16.7 Å². The Labute approximate surface area is 236 Å². The van der Waals surface area contributed by atoms with Gasteiger partial charge in [0.25, 0.3) is 0 Å². The van der Waals surface area contributed by atoms with Gasteiger partial charge < -0.3 is 37.2 Å². The first-order chi connectivity index (χ1) is 17.9. The summed E-state index contributed by atoms with van der Waals surface area (Å²) in [4.78, 5) is 50.8. The third-order valence-electron chi connectivity index (χ3n) is 4.59. The summed E-state index contributed by atoms with van der Waals surface area (Å²) in [6.07, 6.45) is 4.70. The van der Waals surface area contributed by atoms with Crippen molar-refractivity contribution < 1.29 is 35.9 Å².